The summed E-state index contributed by atoms with van der Waals surface area (Å²) in [7, 11) is -1.25. The van der Waals surface area contributed by atoms with E-state index in [1.165, 1.54) is 19.2 Å². The van der Waals surface area contributed by atoms with Gasteiger partial charge in [-0.25, -0.2) is 9.59 Å². The third kappa shape index (κ3) is 8.37. The third-order valence-electron chi connectivity index (χ3n) is 6.32. The Kier molecular flexibility index (Phi) is 10.7. The molecule has 1 aliphatic heterocycles. The number of benzene rings is 3. The molecule has 0 aliphatic carbocycles. The van der Waals surface area contributed by atoms with Gasteiger partial charge in [-0.2, -0.15) is 8.42 Å². The number of carbonyl (C=O) groups is 2. The number of methoxy groups -OCH3 is 2. The first-order valence-electron chi connectivity index (χ1n) is 13.0. The number of ether oxygens (including phenoxy) is 6. The summed E-state index contributed by atoms with van der Waals surface area (Å²) in [5.41, 5.74) is 1.22. The van der Waals surface area contributed by atoms with E-state index in [0.717, 1.165) is 11.8 Å². The highest BCUT2D eigenvalue weighted by atomic mass is 32.2. The topological polar surface area (TPSA) is 133 Å². The highest BCUT2D eigenvalue weighted by Crippen LogP contribution is 2.31. The van der Waals surface area contributed by atoms with E-state index in [2.05, 4.69) is 0 Å². The fourth-order valence-electron chi connectivity index (χ4n) is 4.33. The van der Waals surface area contributed by atoms with Gasteiger partial charge in [0, 0.05) is 7.11 Å². The first-order valence-corrected chi connectivity index (χ1v) is 14.8. The molecule has 0 N–H and O–H groups in total. The molecule has 5 atom stereocenters. The van der Waals surface area contributed by atoms with Crippen LogP contribution in [0.4, 0.5) is 0 Å². The van der Waals surface area contributed by atoms with Crippen LogP contribution in [-0.2, 0) is 44.6 Å². The Balaban J connectivity index is 1.63. The molecule has 4 rings (SSSR count). The average Bonchev–Trinajstić information content (AvgIpc) is 3.00. The van der Waals surface area contributed by atoms with Crippen molar-refractivity contribution in [3.8, 4) is 5.75 Å². The number of hydrogen-bond acceptors (Lipinski definition) is 11. The van der Waals surface area contributed by atoms with E-state index in [0.29, 0.717) is 5.75 Å². The molecule has 0 amide bonds. The van der Waals surface area contributed by atoms with Gasteiger partial charge in [0.2, 0.25) is 0 Å². The lowest BCUT2D eigenvalue weighted by Crippen LogP contribution is -2.62. The van der Waals surface area contributed by atoms with Crippen molar-refractivity contribution in [3.05, 3.63) is 102 Å². The fraction of sp³-hybridized carbons (Fsp3) is 0.333. The van der Waals surface area contributed by atoms with Crippen molar-refractivity contribution < 1.29 is 50.6 Å². The summed E-state index contributed by atoms with van der Waals surface area (Å²) in [5, 5.41) is 0. The maximum absolute atomic E-state index is 13.2. The molecule has 3 aromatic carbocycles. The smallest absolute Gasteiger partial charge is 0.338 e. The summed E-state index contributed by atoms with van der Waals surface area (Å²) < 4.78 is 64.2. The van der Waals surface area contributed by atoms with Crippen LogP contribution in [0.5, 0.6) is 5.75 Å². The number of carbonyl (C=O) groups excluding carboxylic acids is 2. The second-order valence-corrected chi connectivity index (χ2v) is 11.0. The number of hydrogen-bond donors (Lipinski definition) is 0. The fourth-order valence-corrected chi connectivity index (χ4v) is 4.96. The molecule has 1 heterocycles. The normalized spacial score (nSPS) is 22.2. The summed E-state index contributed by atoms with van der Waals surface area (Å²) in [6.45, 7) is -0.0290. The second-order valence-electron chi connectivity index (χ2n) is 9.38. The maximum atomic E-state index is 13.2. The molecule has 224 valence electrons. The van der Waals surface area contributed by atoms with Crippen LogP contribution in [-0.4, -0.2) is 78.1 Å². The molecule has 0 bridgehead atoms. The van der Waals surface area contributed by atoms with Crippen molar-refractivity contribution >= 4 is 22.1 Å². The van der Waals surface area contributed by atoms with E-state index in [1.54, 1.807) is 67.8 Å². The van der Waals surface area contributed by atoms with Crippen LogP contribution in [0.15, 0.2) is 84.9 Å². The molecule has 0 aromatic heterocycles. The summed E-state index contributed by atoms with van der Waals surface area (Å²) in [6.07, 6.45) is -5.84. The Morgan fingerprint density at radius 2 is 1.31 bits per heavy atom. The molecular formula is C30H32O11S. The van der Waals surface area contributed by atoms with Crippen LogP contribution in [0.2, 0.25) is 0 Å². The summed E-state index contributed by atoms with van der Waals surface area (Å²) >= 11 is 0. The predicted molar refractivity (Wildman–Crippen MR) is 149 cm³/mol. The van der Waals surface area contributed by atoms with E-state index in [9.17, 15) is 18.0 Å². The van der Waals surface area contributed by atoms with Gasteiger partial charge in [-0.05, 0) is 42.0 Å². The van der Waals surface area contributed by atoms with Gasteiger partial charge in [0.05, 0.1) is 37.7 Å². The molecule has 1 fully saturated rings. The van der Waals surface area contributed by atoms with Crippen LogP contribution in [0.25, 0.3) is 0 Å². The van der Waals surface area contributed by atoms with E-state index >= 15 is 0 Å². The van der Waals surface area contributed by atoms with Crippen LogP contribution < -0.4 is 4.74 Å². The van der Waals surface area contributed by atoms with Gasteiger partial charge in [-0.15, -0.1) is 0 Å². The van der Waals surface area contributed by atoms with Crippen LogP contribution in [0, 0.1) is 0 Å². The molecule has 0 unspecified atom stereocenters. The molecular weight excluding hydrogens is 568 g/mol. The van der Waals surface area contributed by atoms with Gasteiger partial charge in [-0.3, -0.25) is 4.18 Å². The Bertz CT molecular complexity index is 1410. The van der Waals surface area contributed by atoms with Gasteiger partial charge in [-0.1, -0.05) is 48.5 Å². The van der Waals surface area contributed by atoms with Gasteiger partial charge in [0.25, 0.3) is 10.1 Å². The van der Waals surface area contributed by atoms with Crippen molar-refractivity contribution in [1.29, 1.82) is 0 Å². The quantitative estimate of drug-likeness (QED) is 0.224. The Morgan fingerprint density at radius 3 is 1.81 bits per heavy atom. The number of esters is 2. The van der Waals surface area contributed by atoms with Crippen LogP contribution in [0.1, 0.15) is 26.3 Å². The predicted octanol–water partition coefficient (Wildman–Crippen LogP) is 3.38. The third-order valence-corrected chi connectivity index (χ3v) is 6.90. The van der Waals surface area contributed by atoms with Gasteiger partial charge < -0.3 is 28.4 Å². The standard InChI is InChI=1S/C30H32O11S/c1-35-23-16-14-20(15-17-23)18-37-19-24-25(41-42(3,33)34)26(39-28(31)21-10-6-4-7-11-21)27(30(36-2)38-24)40-29(32)22-12-8-5-9-13-22/h4-17,24-27,30H,18-19H2,1-3H3/t24-,25+,26+,27-,30+/m1/s1. The van der Waals surface area contributed by atoms with Gasteiger partial charge in [0.1, 0.15) is 18.0 Å². The molecule has 1 aliphatic rings. The Hall–Kier alpha value is -3.81. The lowest BCUT2D eigenvalue weighted by molar-refractivity contribution is -0.290. The zero-order chi connectivity index (χ0) is 30.1. The van der Waals surface area contributed by atoms with E-state index in [1.807, 2.05) is 12.1 Å². The van der Waals surface area contributed by atoms with E-state index in [4.69, 9.17) is 32.6 Å². The van der Waals surface area contributed by atoms with Crippen molar-refractivity contribution in [3.63, 3.8) is 0 Å². The largest absolute Gasteiger partial charge is 0.497 e. The first-order chi connectivity index (χ1) is 20.2. The molecule has 0 spiro atoms. The van der Waals surface area contributed by atoms with E-state index < -0.39 is 52.8 Å². The van der Waals surface area contributed by atoms with Crippen molar-refractivity contribution in [2.45, 2.75) is 37.3 Å². The molecule has 1 saturated heterocycles. The first kappa shape index (κ1) is 31.1. The molecule has 11 nitrogen and oxygen atoms in total. The zero-order valence-electron chi connectivity index (χ0n) is 23.3. The van der Waals surface area contributed by atoms with Gasteiger partial charge in [0.15, 0.2) is 18.5 Å². The highest BCUT2D eigenvalue weighted by Gasteiger charge is 2.53. The lowest BCUT2D eigenvalue weighted by atomic mass is 9.98. The van der Waals surface area contributed by atoms with Gasteiger partial charge >= 0.3 is 11.9 Å². The second kappa shape index (κ2) is 14.4. The van der Waals surface area contributed by atoms with Crippen molar-refractivity contribution in [2.75, 3.05) is 27.1 Å². The van der Waals surface area contributed by atoms with E-state index in [-0.39, 0.29) is 24.3 Å². The maximum Gasteiger partial charge on any atom is 0.338 e. The molecule has 0 radical (unpaired) electrons. The van der Waals surface area contributed by atoms with Crippen LogP contribution in [0.3, 0.4) is 0 Å². The highest BCUT2D eigenvalue weighted by molar-refractivity contribution is 7.86. The van der Waals surface area contributed by atoms with Crippen LogP contribution >= 0.6 is 0 Å². The minimum absolute atomic E-state index is 0.147. The number of rotatable bonds is 12. The Labute approximate surface area is 244 Å². The monoisotopic (exact) mass is 600 g/mol. The molecule has 42 heavy (non-hydrogen) atoms. The lowest BCUT2D eigenvalue weighted by Gasteiger charge is -2.43. The Morgan fingerprint density at radius 1 is 0.762 bits per heavy atom. The SMILES string of the molecule is COc1ccc(COC[C@H]2O[C@H](OC)[C@H](OC(=O)c3ccccc3)[C@@H](OC(=O)c3ccccc3)[C@H]2OS(C)(=O)=O)cc1. The minimum Gasteiger partial charge on any atom is -0.497 e. The van der Waals surface area contributed by atoms with Crippen molar-refractivity contribution in [1.82, 2.24) is 0 Å². The minimum atomic E-state index is -4.13. The average molecular weight is 601 g/mol. The summed E-state index contributed by atoms with van der Waals surface area (Å²) in [6, 6.07) is 23.4. The molecule has 0 saturated carbocycles. The molecule has 3 aromatic rings. The zero-order valence-corrected chi connectivity index (χ0v) is 24.1. The summed E-state index contributed by atoms with van der Waals surface area (Å²) in [4.78, 5) is 26.2. The molecule has 12 heteroatoms. The van der Waals surface area contributed by atoms with Crippen molar-refractivity contribution in [2.24, 2.45) is 0 Å². The summed E-state index contributed by atoms with van der Waals surface area (Å²) in [5.74, 6) is -0.879.